The van der Waals surface area contributed by atoms with E-state index in [2.05, 4.69) is 10.6 Å². The molecule has 2 aromatic rings. The Morgan fingerprint density at radius 3 is 2.49 bits per heavy atom. The van der Waals surface area contributed by atoms with Crippen molar-refractivity contribution in [2.24, 2.45) is 0 Å². The summed E-state index contributed by atoms with van der Waals surface area (Å²) in [5, 5.41) is 50.7. The number of ether oxygens (including phenoxy) is 3. The van der Waals surface area contributed by atoms with E-state index >= 15 is 0 Å². The summed E-state index contributed by atoms with van der Waals surface area (Å²) in [6.45, 7) is 5.18. The van der Waals surface area contributed by atoms with Crippen molar-refractivity contribution in [3.05, 3.63) is 51.6 Å². The molecule has 13 heteroatoms. The summed E-state index contributed by atoms with van der Waals surface area (Å²) in [4.78, 5) is 52.6. The number of hydrogen-bond acceptors (Lipinski definition) is 11. The molecule has 0 spiro atoms. The molecule has 0 bridgehead atoms. The van der Waals surface area contributed by atoms with E-state index in [0.29, 0.717) is 6.54 Å². The third-order valence-corrected chi connectivity index (χ3v) is 8.89. The van der Waals surface area contributed by atoms with Gasteiger partial charge in [-0.3, -0.25) is 14.4 Å². The summed E-state index contributed by atoms with van der Waals surface area (Å²) in [6, 6.07) is 3.12. The number of carbonyl (C=O) groups is 4. The van der Waals surface area contributed by atoms with Gasteiger partial charge in [0.25, 0.3) is 0 Å². The van der Waals surface area contributed by atoms with Gasteiger partial charge in [0.2, 0.25) is 5.78 Å². The second kappa shape index (κ2) is 12.4. The first-order valence-electron chi connectivity index (χ1n) is 15.0. The highest BCUT2D eigenvalue weighted by atomic mass is 16.7. The number of ketones is 3. The Bertz CT molecular complexity index is 1560. The summed E-state index contributed by atoms with van der Waals surface area (Å²) in [7, 11) is 1.33. The van der Waals surface area contributed by atoms with Crippen molar-refractivity contribution in [1.82, 2.24) is 10.6 Å². The van der Waals surface area contributed by atoms with Crippen LogP contribution in [0.1, 0.15) is 95.5 Å². The van der Waals surface area contributed by atoms with Crippen LogP contribution >= 0.6 is 0 Å². The van der Waals surface area contributed by atoms with Crippen molar-refractivity contribution < 1.29 is 53.8 Å². The van der Waals surface area contributed by atoms with Gasteiger partial charge in [0.1, 0.15) is 29.0 Å². The maximum absolute atomic E-state index is 13.8. The van der Waals surface area contributed by atoms with Gasteiger partial charge in [0.15, 0.2) is 17.9 Å². The molecule has 2 aliphatic carbocycles. The van der Waals surface area contributed by atoms with E-state index in [-0.39, 0.29) is 40.8 Å². The Kier molecular flexibility index (Phi) is 8.91. The Balaban J connectivity index is 1.54. The minimum absolute atomic E-state index is 0.0348. The fourth-order valence-electron chi connectivity index (χ4n) is 6.37. The summed E-state index contributed by atoms with van der Waals surface area (Å²) in [5.74, 6) is -3.35. The van der Waals surface area contributed by atoms with Crippen molar-refractivity contribution in [1.29, 1.82) is 0 Å². The van der Waals surface area contributed by atoms with Gasteiger partial charge in [-0.2, -0.15) is 0 Å². The van der Waals surface area contributed by atoms with Gasteiger partial charge in [0, 0.05) is 42.5 Å². The maximum Gasteiger partial charge on any atom is 0.315 e. The molecule has 13 nitrogen and oxygen atoms in total. The van der Waals surface area contributed by atoms with Crippen LogP contribution in [-0.4, -0.2) is 87.6 Å². The molecule has 242 valence electrons. The van der Waals surface area contributed by atoms with Gasteiger partial charge in [-0.1, -0.05) is 25.5 Å². The van der Waals surface area contributed by atoms with Crippen LogP contribution in [0.4, 0.5) is 4.79 Å². The topological polar surface area (TPSA) is 201 Å². The summed E-state index contributed by atoms with van der Waals surface area (Å²) in [6.07, 6.45) is -3.55. The lowest BCUT2D eigenvalue weighted by Crippen LogP contribution is -2.57. The van der Waals surface area contributed by atoms with E-state index < -0.39 is 88.7 Å². The number of hydrogen-bond donors (Lipinski definition) is 6. The molecule has 1 aliphatic heterocycles. The van der Waals surface area contributed by atoms with E-state index in [1.807, 2.05) is 6.92 Å². The Hall–Kier alpha value is -4.04. The average molecular weight is 627 g/mol. The standard InChI is InChI=1S/C32H38N2O11/c1-5-6-10-33-31(41)34-18-11-21(44-14(2)26(18)36)45-20-13-32(42,15(3)35)12-17-23(20)30(40)25-24(28(17)38)27(37)16-8-7-9-19(43-4)22(16)29(25)39/h7-9,14,18,20-21,26,36,38,40,42H,5-6,10-13H2,1-4H3,(H2,33,34,41)/t14-,18+,20-,21-,26+,32+/m1/s1. The number of carbonyl (C=O) groups excluding carboxylic acids is 4. The Labute approximate surface area is 259 Å². The molecule has 2 aromatic carbocycles. The van der Waals surface area contributed by atoms with Crippen LogP contribution in [0.3, 0.4) is 0 Å². The zero-order chi connectivity index (χ0) is 32.8. The number of aromatic hydroxyl groups is 2. The molecule has 2 amide bonds. The summed E-state index contributed by atoms with van der Waals surface area (Å²) >= 11 is 0. The van der Waals surface area contributed by atoms with Crippen LogP contribution < -0.4 is 15.4 Å². The Morgan fingerprint density at radius 1 is 1.11 bits per heavy atom. The zero-order valence-electron chi connectivity index (χ0n) is 25.5. The first kappa shape index (κ1) is 32.4. The van der Waals surface area contributed by atoms with E-state index in [0.717, 1.165) is 12.8 Å². The van der Waals surface area contributed by atoms with Crippen LogP contribution in [0, 0.1) is 0 Å². The molecule has 0 aromatic heterocycles. The SMILES string of the molecule is CCCCNC(=O)N[C@H]1C[C@@H](O[C@@H]2C[C@](O)(C(C)=O)Cc3c(O)c4c(c(O)c32)C(=O)c2c(OC)cccc2C4=O)O[C@H](C)[C@@H]1O. The fraction of sp³-hybridized carbons (Fsp3) is 0.500. The summed E-state index contributed by atoms with van der Waals surface area (Å²) < 4.78 is 17.4. The van der Waals surface area contributed by atoms with E-state index in [4.69, 9.17) is 14.2 Å². The molecule has 6 N–H and O–H groups in total. The predicted molar refractivity (Wildman–Crippen MR) is 158 cm³/mol. The monoisotopic (exact) mass is 626 g/mol. The number of phenolic OH excluding ortho intramolecular Hbond substituents is 2. The summed E-state index contributed by atoms with van der Waals surface area (Å²) in [5.41, 5.74) is -3.28. The van der Waals surface area contributed by atoms with Gasteiger partial charge in [-0.05, 0) is 26.3 Å². The van der Waals surface area contributed by atoms with Crippen molar-refractivity contribution in [2.75, 3.05) is 13.7 Å². The van der Waals surface area contributed by atoms with Crippen LogP contribution in [0.5, 0.6) is 17.2 Å². The van der Waals surface area contributed by atoms with Crippen molar-refractivity contribution in [3.63, 3.8) is 0 Å². The van der Waals surface area contributed by atoms with Gasteiger partial charge in [-0.15, -0.1) is 0 Å². The highest BCUT2D eigenvalue weighted by Crippen LogP contribution is 2.52. The predicted octanol–water partition coefficient (Wildman–Crippen LogP) is 2.17. The number of aliphatic hydroxyl groups excluding tert-OH is 1. The van der Waals surface area contributed by atoms with Crippen LogP contribution in [-0.2, 0) is 20.7 Å². The normalized spacial score (nSPS) is 27.2. The average Bonchev–Trinajstić information content (AvgIpc) is 2.99. The highest BCUT2D eigenvalue weighted by Gasteiger charge is 2.49. The molecule has 45 heavy (non-hydrogen) atoms. The molecule has 0 saturated carbocycles. The number of methoxy groups -OCH3 is 1. The molecule has 3 aliphatic rings. The van der Waals surface area contributed by atoms with Crippen molar-refractivity contribution in [3.8, 4) is 17.2 Å². The van der Waals surface area contributed by atoms with E-state index in [9.17, 15) is 39.6 Å². The number of phenols is 2. The number of benzene rings is 2. The Morgan fingerprint density at radius 2 is 1.82 bits per heavy atom. The number of rotatable bonds is 8. The number of fused-ring (bicyclic) bond motifs is 3. The van der Waals surface area contributed by atoms with Crippen LogP contribution in [0.15, 0.2) is 18.2 Å². The number of Topliss-reactive ketones (excluding diaryl/α,β-unsaturated/α-hetero) is 1. The minimum Gasteiger partial charge on any atom is -0.507 e. The lowest BCUT2D eigenvalue weighted by Gasteiger charge is -2.42. The molecular weight excluding hydrogens is 588 g/mol. The number of aliphatic hydroxyl groups is 2. The molecule has 0 unspecified atom stereocenters. The third kappa shape index (κ3) is 5.65. The molecule has 5 rings (SSSR count). The van der Waals surface area contributed by atoms with E-state index in [1.54, 1.807) is 6.92 Å². The van der Waals surface area contributed by atoms with E-state index in [1.165, 1.54) is 32.2 Å². The molecule has 1 fully saturated rings. The first-order valence-corrected chi connectivity index (χ1v) is 15.0. The van der Waals surface area contributed by atoms with Gasteiger partial charge >= 0.3 is 6.03 Å². The molecule has 0 radical (unpaired) electrons. The van der Waals surface area contributed by atoms with Gasteiger partial charge < -0.3 is 45.3 Å². The number of urea groups is 1. The largest absolute Gasteiger partial charge is 0.507 e. The molecule has 1 heterocycles. The van der Waals surface area contributed by atoms with Gasteiger partial charge in [0.05, 0.1) is 42.0 Å². The maximum atomic E-state index is 13.8. The second-order valence-electron chi connectivity index (χ2n) is 11.8. The zero-order valence-corrected chi connectivity index (χ0v) is 25.5. The lowest BCUT2D eigenvalue weighted by atomic mass is 9.72. The fourth-order valence-corrected chi connectivity index (χ4v) is 6.37. The molecule has 6 atom stereocenters. The molecular formula is C32H38N2O11. The quantitative estimate of drug-likeness (QED) is 0.158. The smallest absolute Gasteiger partial charge is 0.315 e. The first-order chi connectivity index (χ1) is 21.3. The second-order valence-corrected chi connectivity index (χ2v) is 11.8. The van der Waals surface area contributed by atoms with Crippen molar-refractivity contribution in [2.45, 2.75) is 89.1 Å². The van der Waals surface area contributed by atoms with Crippen LogP contribution in [0.2, 0.25) is 0 Å². The number of amides is 2. The van der Waals surface area contributed by atoms with Gasteiger partial charge in [-0.25, -0.2) is 4.79 Å². The highest BCUT2D eigenvalue weighted by molar-refractivity contribution is 6.31. The van der Waals surface area contributed by atoms with Crippen LogP contribution in [0.25, 0.3) is 0 Å². The third-order valence-electron chi connectivity index (χ3n) is 8.89. The lowest BCUT2D eigenvalue weighted by molar-refractivity contribution is -0.248. The van der Waals surface area contributed by atoms with Crippen molar-refractivity contribution >= 4 is 23.4 Å². The minimum atomic E-state index is -2.06. The number of nitrogens with one attached hydrogen (secondary N) is 2. The number of unbranched alkanes of at least 4 members (excludes halogenated alkanes) is 1. The molecule has 1 saturated heterocycles.